The van der Waals surface area contributed by atoms with Crippen molar-refractivity contribution in [1.82, 2.24) is 10.6 Å². The molecule has 0 rings (SSSR count). The van der Waals surface area contributed by atoms with Crippen molar-refractivity contribution < 1.29 is 9.59 Å². The van der Waals surface area contributed by atoms with Gasteiger partial charge in [0.25, 0.3) is 0 Å². The van der Waals surface area contributed by atoms with Gasteiger partial charge in [-0.1, -0.05) is 0 Å². The van der Waals surface area contributed by atoms with Crippen molar-refractivity contribution in [3.05, 3.63) is 0 Å². The summed E-state index contributed by atoms with van der Waals surface area (Å²) in [6.07, 6.45) is 2.18. The SMILES string of the molecule is CCNC(=O)CCCC(=O)NCCC(C)N.Cl. The Labute approximate surface area is 109 Å². The number of carbonyl (C=O) groups excluding carboxylic acids is 2. The number of hydrogen-bond donors (Lipinski definition) is 3. The van der Waals surface area contributed by atoms with Crippen LogP contribution < -0.4 is 16.4 Å². The highest BCUT2D eigenvalue weighted by atomic mass is 35.5. The molecule has 1 unspecified atom stereocenters. The molecule has 5 nitrogen and oxygen atoms in total. The fraction of sp³-hybridized carbons (Fsp3) is 0.818. The maximum absolute atomic E-state index is 11.3. The summed E-state index contributed by atoms with van der Waals surface area (Å²) in [6, 6.07) is 0.107. The van der Waals surface area contributed by atoms with Crippen LogP contribution in [-0.2, 0) is 9.59 Å². The minimum absolute atomic E-state index is 0. The Morgan fingerprint density at radius 2 is 1.71 bits per heavy atom. The van der Waals surface area contributed by atoms with E-state index in [9.17, 15) is 9.59 Å². The van der Waals surface area contributed by atoms with Crippen molar-refractivity contribution in [2.75, 3.05) is 13.1 Å². The normalized spacial score (nSPS) is 11.2. The van der Waals surface area contributed by atoms with E-state index in [1.807, 2.05) is 13.8 Å². The molecule has 2 amide bonds. The molecule has 0 aliphatic rings. The maximum atomic E-state index is 11.3. The summed E-state index contributed by atoms with van der Waals surface area (Å²) in [4.78, 5) is 22.3. The van der Waals surface area contributed by atoms with Gasteiger partial charge in [-0.15, -0.1) is 12.4 Å². The Morgan fingerprint density at radius 3 is 2.18 bits per heavy atom. The van der Waals surface area contributed by atoms with Crippen LogP contribution in [0.15, 0.2) is 0 Å². The van der Waals surface area contributed by atoms with Gasteiger partial charge < -0.3 is 16.4 Å². The van der Waals surface area contributed by atoms with Crippen LogP contribution >= 0.6 is 12.4 Å². The van der Waals surface area contributed by atoms with Crippen molar-refractivity contribution in [1.29, 1.82) is 0 Å². The molecule has 0 aromatic heterocycles. The predicted octanol–water partition coefficient (Wildman–Crippen LogP) is 0.568. The molecule has 0 radical (unpaired) electrons. The fourth-order valence-electron chi connectivity index (χ4n) is 1.22. The lowest BCUT2D eigenvalue weighted by molar-refractivity contribution is -0.122. The van der Waals surface area contributed by atoms with Crippen LogP contribution in [-0.4, -0.2) is 30.9 Å². The zero-order chi connectivity index (χ0) is 12.4. The summed E-state index contributed by atoms with van der Waals surface area (Å²) >= 11 is 0. The molecule has 0 aromatic carbocycles. The third kappa shape index (κ3) is 13.1. The van der Waals surface area contributed by atoms with Crippen molar-refractivity contribution in [3.63, 3.8) is 0 Å². The van der Waals surface area contributed by atoms with E-state index in [0.717, 1.165) is 6.42 Å². The Kier molecular flexibility index (Phi) is 12.7. The Morgan fingerprint density at radius 1 is 1.18 bits per heavy atom. The van der Waals surface area contributed by atoms with Crippen molar-refractivity contribution >= 4 is 24.2 Å². The first-order chi connectivity index (χ1) is 7.56. The third-order valence-corrected chi connectivity index (χ3v) is 2.10. The smallest absolute Gasteiger partial charge is 0.220 e. The summed E-state index contributed by atoms with van der Waals surface area (Å²) in [5.74, 6) is -0.00386. The lowest BCUT2D eigenvalue weighted by atomic mass is 10.2. The Hall–Kier alpha value is -0.810. The van der Waals surface area contributed by atoms with Gasteiger partial charge in [0.1, 0.15) is 0 Å². The third-order valence-electron chi connectivity index (χ3n) is 2.10. The molecule has 0 spiro atoms. The second-order valence-electron chi connectivity index (χ2n) is 3.92. The Balaban J connectivity index is 0. The molecule has 0 fully saturated rings. The molecule has 0 aromatic rings. The van der Waals surface area contributed by atoms with Gasteiger partial charge in [-0.2, -0.15) is 0 Å². The molecule has 0 heterocycles. The number of nitrogens with two attached hydrogens (primary N) is 1. The van der Waals surface area contributed by atoms with Crippen LogP contribution in [0.1, 0.15) is 39.5 Å². The standard InChI is InChI=1S/C11H23N3O2.ClH/c1-3-13-10(15)5-4-6-11(16)14-8-7-9(2)12;/h9H,3-8,12H2,1-2H3,(H,13,15)(H,14,16);1H. The molecule has 17 heavy (non-hydrogen) atoms. The van der Waals surface area contributed by atoms with Crippen molar-refractivity contribution in [2.45, 2.75) is 45.6 Å². The largest absolute Gasteiger partial charge is 0.356 e. The number of amides is 2. The van der Waals surface area contributed by atoms with Crippen LogP contribution in [0.3, 0.4) is 0 Å². The second-order valence-corrected chi connectivity index (χ2v) is 3.92. The molecule has 1 atom stereocenters. The maximum Gasteiger partial charge on any atom is 0.220 e. The van der Waals surface area contributed by atoms with Crippen LogP contribution in [0, 0.1) is 0 Å². The molecule has 0 saturated carbocycles. The first-order valence-corrected chi connectivity index (χ1v) is 5.85. The van der Waals surface area contributed by atoms with E-state index >= 15 is 0 Å². The van der Waals surface area contributed by atoms with Crippen molar-refractivity contribution in [3.8, 4) is 0 Å². The van der Waals surface area contributed by atoms with Crippen LogP contribution in [0.2, 0.25) is 0 Å². The molecule has 0 aliphatic carbocycles. The van der Waals surface area contributed by atoms with Crippen LogP contribution in [0.4, 0.5) is 0 Å². The van der Waals surface area contributed by atoms with E-state index in [0.29, 0.717) is 32.4 Å². The van der Waals surface area contributed by atoms with Crippen LogP contribution in [0.25, 0.3) is 0 Å². The first kappa shape index (κ1) is 18.6. The summed E-state index contributed by atoms with van der Waals surface area (Å²) in [5.41, 5.74) is 5.55. The quantitative estimate of drug-likeness (QED) is 0.600. The highest BCUT2D eigenvalue weighted by Gasteiger charge is 2.04. The van der Waals surface area contributed by atoms with Crippen LogP contribution in [0.5, 0.6) is 0 Å². The first-order valence-electron chi connectivity index (χ1n) is 5.85. The monoisotopic (exact) mass is 265 g/mol. The van der Waals surface area contributed by atoms with E-state index < -0.39 is 0 Å². The molecular formula is C11H24ClN3O2. The van der Waals surface area contributed by atoms with E-state index in [2.05, 4.69) is 10.6 Å². The van der Waals surface area contributed by atoms with Gasteiger partial charge in [0.15, 0.2) is 0 Å². The predicted molar refractivity (Wildman–Crippen MR) is 71.1 cm³/mol. The van der Waals surface area contributed by atoms with E-state index in [1.165, 1.54) is 0 Å². The Bertz CT molecular complexity index is 223. The van der Waals surface area contributed by atoms with E-state index in [1.54, 1.807) is 0 Å². The molecular weight excluding hydrogens is 242 g/mol. The molecule has 4 N–H and O–H groups in total. The summed E-state index contributed by atoms with van der Waals surface area (Å²) in [7, 11) is 0. The number of hydrogen-bond acceptors (Lipinski definition) is 3. The van der Waals surface area contributed by atoms with E-state index in [4.69, 9.17) is 5.73 Å². The summed E-state index contributed by atoms with van der Waals surface area (Å²) in [6.45, 7) is 5.02. The number of halogens is 1. The van der Waals surface area contributed by atoms with E-state index in [-0.39, 0.29) is 30.3 Å². The lowest BCUT2D eigenvalue weighted by Crippen LogP contribution is -2.29. The minimum Gasteiger partial charge on any atom is -0.356 e. The van der Waals surface area contributed by atoms with Gasteiger partial charge in [-0.3, -0.25) is 9.59 Å². The number of nitrogens with one attached hydrogen (secondary N) is 2. The summed E-state index contributed by atoms with van der Waals surface area (Å²) < 4.78 is 0. The van der Waals surface area contributed by atoms with Gasteiger partial charge in [0.2, 0.25) is 11.8 Å². The average molecular weight is 266 g/mol. The van der Waals surface area contributed by atoms with Gasteiger partial charge in [0, 0.05) is 32.0 Å². The fourth-order valence-corrected chi connectivity index (χ4v) is 1.22. The molecule has 0 bridgehead atoms. The molecule has 0 saturated heterocycles. The number of carbonyl (C=O) groups is 2. The van der Waals surface area contributed by atoms with Gasteiger partial charge >= 0.3 is 0 Å². The highest BCUT2D eigenvalue weighted by molar-refractivity contribution is 5.85. The van der Waals surface area contributed by atoms with Gasteiger partial charge in [-0.25, -0.2) is 0 Å². The topological polar surface area (TPSA) is 84.2 Å². The van der Waals surface area contributed by atoms with Gasteiger partial charge in [0.05, 0.1) is 0 Å². The minimum atomic E-state index is -0.00931. The highest BCUT2D eigenvalue weighted by Crippen LogP contribution is 1.95. The lowest BCUT2D eigenvalue weighted by Gasteiger charge is -2.07. The second kappa shape index (κ2) is 11.7. The van der Waals surface area contributed by atoms with Gasteiger partial charge in [-0.05, 0) is 26.7 Å². The van der Waals surface area contributed by atoms with Crippen molar-refractivity contribution in [2.24, 2.45) is 5.73 Å². The average Bonchev–Trinajstić information content (AvgIpc) is 2.17. The zero-order valence-electron chi connectivity index (χ0n) is 10.6. The summed E-state index contributed by atoms with van der Waals surface area (Å²) in [5, 5.41) is 5.46. The zero-order valence-corrected chi connectivity index (χ0v) is 11.4. The molecule has 6 heteroatoms. The molecule has 102 valence electrons. The molecule has 0 aliphatic heterocycles. The number of rotatable bonds is 8.